The van der Waals surface area contributed by atoms with Gasteiger partial charge in [0.25, 0.3) is 0 Å². The van der Waals surface area contributed by atoms with E-state index < -0.39 is 68.2 Å². The smallest absolute Gasteiger partial charge is 0.220 e. The number of aliphatic hydroxyl groups excluding tert-OH is 6. The summed E-state index contributed by atoms with van der Waals surface area (Å²) < 4.78 is 10.9. The number of rotatable bonds is 11. The monoisotopic (exact) mass is 411 g/mol. The van der Waals surface area contributed by atoms with Gasteiger partial charge in [0.2, 0.25) is 5.91 Å². The van der Waals surface area contributed by atoms with E-state index in [2.05, 4.69) is 5.32 Å². The lowest BCUT2D eigenvalue weighted by molar-refractivity contribution is -0.302. The summed E-state index contributed by atoms with van der Waals surface area (Å²) in [6.07, 6.45) is -9.30. The number of nitrogens with two attached hydrogens (primary N) is 2. The van der Waals surface area contributed by atoms with Crippen molar-refractivity contribution in [1.82, 2.24) is 5.32 Å². The number of nitrogens with one attached hydrogen (secondary N) is 1. The van der Waals surface area contributed by atoms with Crippen molar-refractivity contribution in [3.8, 4) is 0 Å². The van der Waals surface area contributed by atoms with Crippen LogP contribution in [0.1, 0.15) is 19.8 Å². The third-order valence-electron chi connectivity index (χ3n) is 4.61. The summed E-state index contributed by atoms with van der Waals surface area (Å²) in [6.45, 7) is 0.180. The maximum Gasteiger partial charge on any atom is 0.220 e. The summed E-state index contributed by atoms with van der Waals surface area (Å²) in [7, 11) is 0. The molecule has 0 aliphatic carbocycles. The van der Waals surface area contributed by atoms with Crippen molar-refractivity contribution < 1.29 is 44.9 Å². The Morgan fingerprint density at radius 3 is 2.36 bits per heavy atom. The molecule has 166 valence electrons. The lowest BCUT2D eigenvalue weighted by Gasteiger charge is -2.44. The molecule has 12 heteroatoms. The van der Waals surface area contributed by atoms with Gasteiger partial charge in [-0.2, -0.15) is 0 Å². The van der Waals surface area contributed by atoms with Crippen molar-refractivity contribution in [3.05, 3.63) is 0 Å². The quantitative estimate of drug-likeness (QED) is 0.157. The fraction of sp³-hybridized carbons (Fsp3) is 0.938. The molecule has 1 rings (SSSR count). The number of carbonyl (C=O) groups is 1. The van der Waals surface area contributed by atoms with E-state index in [4.69, 9.17) is 26.0 Å². The van der Waals surface area contributed by atoms with E-state index in [-0.39, 0.29) is 18.9 Å². The summed E-state index contributed by atoms with van der Waals surface area (Å²) in [5.74, 6) is -0.385. The van der Waals surface area contributed by atoms with Crippen LogP contribution in [0.4, 0.5) is 0 Å². The van der Waals surface area contributed by atoms with Crippen LogP contribution in [0.2, 0.25) is 0 Å². The third kappa shape index (κ3) is 6.29. The topological polar surface area (TPSA) is 221 Å². The molecule has 0 aromatic rings. The van der Waals surface area contributed by atoms with E-state index in [1.165, 1.54) is 0 Å². The van der Waals surface area contributed by atoms with Crippen molar-refractivity contribution in [1.29, 1.82) is 0 Å². The SMILES string of the molecule is CCCC(=O)N[C@@H]1[C@H](O)[C@@H](O)[C@@H](O[C@H]([C@@H](N)[C@@H](O)CO)[C@@H](O)CN)O[C@H]1CO. The highest BCUT2D eigenvalue weighted by atomic mass is 16.7. The van der Waals surface area contributed by atoms with E-state index >= 15 is 0 Å². The Kier molecular flexibility index (Phi) is 10.7. The first-order valence-electron chi connectivity index (χ1n) is 9.21. The third-order valence-corrected chi connectivity index (χ3v) is 4.61. The summed E-state index contributed by atoms with van der Waals surface area (Å²) in [4.78, 5) is 11.8. The van der Waals surface area contributed by atoms with Crippen molar-refractivity contribution in [2.45, 2.75) is 74.8 Å². The molecule has 0 bridgehead atoms. The molecule has 0 spiro atoms. The van der Waals surface area contributed by atoms with Crippen molar-refractivity contribution in [2.75, 3.05) is 19.8 Å². The lowest BCUT2D eigenvalue weighted by Crippen LogP contribution is -2.66. The molecule has 0 radical (unpaired) electrons. The van der Waals surface area contributed by atoms with Crippen LogP contribution in [0.5, 0.6) is 0 Å². The number of carbonyl (C=O) groups excluding carboxylic acids is 1. The van der Waals surface area contributed by atoms with Gasteiger partial charge in [0, 0.05) is 13.0 Å². The van der Waals surface area contributed by atoms with Gasteiger partial charge in [-0.3, -0.25) is 4.79 Å². The normalized spacial score (nSPS) is 32.4. The first kappa shape index (κ1) is 25.1. The van der Waals surface area contributed by atoms with Gasteiger partial charge in [0.05, 0.1) is 37.5 Å². The number of hydrogen-bond donors (Lipinski definition) is 9. The van der Waals surface area contributed by atoms with Gasteiger partial charge in [0.1, 0.15) is 24.4 Å². The van der Waals surface area contributed by atoms with Gasteiger partial charge >= 0.3 is 0 Å². The van der Waals surface area contributed by atoms with Crippen molar-refractivity contribution in [2.24, 2.45) is 11.5 Å². The summed E-state index contributed by atoms with van der Waals surface area (Å²) in [5.41, 5.74) is 11.2. The van der Waals surface area contributed by atoms with Crippen molar-refractivity contribution in [3.63, 3.8) is 0 Å². The van der Waals surface area contributed by atoms with Crippen LogP contribution in [-0.4, -0.2) is 111 Å². The highest BCUT2D eigenvalue weighted by molar-refractivity contribution is 5.76. The van der Waals surface area contributed by atoms with Gasteiger partial charge < -0.3 is 56.9 Å². The lowest BCUT2D eigenvalue weighted by atomic mass is 9.95. The average Bonchev–Trinajstić information content (AvgIpc) is 2.69. The van der Waals surface area contributed by atoms with Crippen LogP contribution in [0.3, 0.4) is 0 Å². The molecule has 1 aliphatic rings. The molecule has 1 amide bonds. The maximum absolute atomic E-state index is 11.8. The summed E-state index contributed by atoms with van der Waals surface area (Å²) in [5, 5.41) is 61.6. The molecule has 11 N–H and O–H groups in total. The molecule has 1 aliphatic heterocycles. The van der Waals surface area contributed by atoms with Crippen LogP contribution < -0.4 is 16.8 Å². The van der Waals surface area contributed by atoms with Gasteiger partial charge in [0.15, 0.2) is 6.29 Å². The molecule has 0 aromatic carbocycles. The van der Waals surface area contributed by atoms with E-state index in [0.29, 0.717) is 6.42 Å². The molecule has 12 nitrogen and oxygen atoms in total. The minimum absolute atomic E-state index is 0.191. The highest BCUT2D eigenvalue weighted by Crippen LogP contribution is 2.25. The van der Waals surface area contributed by atoms with Crippen LogP contribution in [-0.2, 0) is 14.3 Å². The zero-order valence-electron chi connectivity index (χ0n) is 15.8. The second-order valence-electron chi connectivity index (χ2n) is 6.78. The van der Waals surface area contributed by atoms with E-state index in [1.807, 2.05) is 0 Å². The molecule has 1 heterocycles. The standard InChI is InChI=1S/C16H33N3O9/c1-2-3-10(24)19-12-9(6-21)27-16(14(26)13(12)25)28-15(7(22)4-17)11(18)8(23)5-20/h7-9,11-16,20-23,25-26H,2-6,17-18H2,1H3,(H,19,24)/t7-,8-,9-,11-,12-,13-,14+,15-,16+/m0/s1. The maximum atomic E-state index is 11.8. The predicted octanol–water partition coefficient (Wildman–Crippen LogP) is -4.90. The molecular weight excluding hydrogens is 378 g/mol. The van der Waals surface area contributed by atoms with Crippen LogP contribution >= 0.6 is 0 Å². The van der Waals surface area contributed by atoms with Crippen molar-refractivity contribution >= 4 is 5.91 Å². The number of amides is 1. The minimum atomic E-state index is -1.67. The first-order valence-corrected chi connectivity index (χ1v) is 9.21. The second kappa shape index (κ2) is 11.9. The average molecular weight is 411 g/mol. The Hall–Kier alpha value is -0.930. The molecule has 0 aromatic heterocycles. The molecule has 1 fully saturated rings. The molecular formula is C16H33N3O9. The molecule has 0 saturated carbocycles. The number of aliphatic hydroxyl groups is 6. The first-order chi connectivity index (χ1) is 13.2. The largest absolute Gasteiger partial charge is 0.394 e. The zero-order valence-corrected chi connectivity index (χ0v) is 15.8. The molecule has 28 heavy (non-hydrogen) atoms. The zero-order chi connectivity index (χ0) is 21.4. The van der Waals surface area contributed by atoms with Gasteiger partial charge in [-0.1, -0.05) is 6.92 Å². The Bertz CT molecular complexity index is 471. The Morgan fingerprint density at radius 2 is 1.86 bits per heavy atom. The fourth-order valence-electron chi connectivity index (χ4n) is 2.93. The Balaban J connectivity index is 2.94. The van der Waals surface area contributed by atoms with Gasteiger partial charge in [-0.15, -0.1) is 0 Å². The summed E-state index contributed by atoms with van der Waals surface area (Å²) >= 11 is 0. The molecule has 0 unspecified atom stereocenters. The second-order valence-corrected chi connectivity index (χ2v) is 6.78. The minimum Gasteiger partial charge on any atom is -0.394 e. The fourth-order valence-corrected chi connectivity index (χ4v) is 2.93. The molecule has 9 atom stereocenters. The van der Waals surface area contributed by atoms with E-state index in [1.54, 1.807) is 6.92 Å². The van der Waals surface area contributed by atoms with E-state index in [9.17, 15) is 30.3 Å². The van der Waals surface area contributed by atoms with Gasteiger partial charge in [-0.05, 0) is 6.42 Å². The van der Waals surface area contributed by atoms with Gasteiger partial charge in [-0.25, -0.2) is 0 Å². The number of ether oxygens (including phenoxy) is 2. The number of hydrogen-bond acceptors (Lipinski definition) is 11. The van der Waals surface area contributed by atoms with Crippen LogP contribution in [0.25, 0.3) is 0 Å². The highest BCUT2D eigenvalue weighted by Gasteiger charge is 2.47. The van der Waals surface area contributed by atoms with E-state index in [0.717, 1.165) is 0 Å². The molecule has 1 saturated heterocycles. The van der Waals surface area contributed by atoms with Crippen LogP contribution in [0, 0.1) is 0 Å². The van der Waals surface area contributed by atoms with Crippen LogP contribution in [0.15, 0.2) is 0 Å². The summed E-state index contributed by atoms with van der Waals surface area (Å²) in [6, 6.07) is -2.38. The Morgan fingerprint density at radius 1 is 1.21 bits per heavy atom. The predicted molar refractivity (Wildman–Crippen MR) is 95.6 cm³/mol. The Labute approximate surface area is 163 Å².